The fourth-order valence-corrected chi connectivity index (χ4v) is 3.45. The first-order valence-corrected chi connectivity index (χ1v) is 10.1. The molecule has 0 aliphatic carbocycles. The minimum Gasteiger partial charge on any atom is -0.491 e. The van der Waals surface area contributed by atoms with Crippen molar-refractivity contribution in [3.8, 4) is 5.75 Å². The van der Waals surface area contributed by atoms with Crippen molar-refractivity contribution in [2.75, 3.05) is 13.1 Å². The van der Waals surface area contributed by atoms with E-state index in [9.17, 15) is 5.11 Å². The highest BCUT2D eigenvalue weighted by Crippen LogP contribution is 2.20. The molecule has 0 bridgehead atoms. The minimum atomic E-state index is -0.656. The zero-order valence-electron chi connectivity index (χ0n) is 17.2. The minimum absolute atomic E-state index is 0. The van der Waals surface area contributed by atoms with E-state index >= 15 is 0 Å². The molecule has 0 fully saturated rings. The number of aromatic nitrogens is 1. The van der Waals surface area contributed by atoms with E-state index in [0.717, 1.165) is 33.4 Å². The van der Waals surface area contributed by atoms with E-state index in [-0.39, 0.29) is 30.1 Å². The number of aliphatic hydroxyl groups is 1. The summed E-state index contributed by atoms with van der Waals surface area (Å²) in [5, 5.41) is 18.0. The third-order valence-electron chi connectivity index (χ3n) is 3.80. The molecule has 1 atom stereocenters. The number of nitrogens with zero attached hydrogens (tertiary/aromatic N) is 2. The second-order valence-electron chi connectivity index (χ2n) is 6.57. The number of thiazole rings is 1. The standard InChI is InChI=1S/C20H30N4O2S.HI/c1-6-21-20(23-12-19-14(4)24-15(5)27-19)22-11-18(25)16-8-7-9-17(10-16)26-13(2)3;/h7-10,13,18,25H,6,11-12H2,1-5H3,(H2,21,22,23);1H. The molecule has 0 saturated heterocycles. The molecule has 1 aromatic carbocycles. The van der Waals surface area contributed by atoms with Crippen molar-refractivity contribution in [3.63, 3.8) is 0 Å². The summed E-state index contributed by atoms with van der Waals surface area (Å²) in [6, 6.07) is 7.56. The largest absolute Gasteiger partial charge is 0.491 e. The number of guanidine groups is 1. The molecule has 0 amide bonds. The van der Waals surface area contributed by atoms with Gasteiger partial charge in [-0.1, -0.05) is 12.1 Å². The second-order valence-corrected chi connectivity index (χ2v) is 7.86. The van der Waals surface area contributed by atoms with Crippen molar-refractivity contribution in [3.05, 3.63) is 45.4 Å². The van der Waals surface area contributed by atoms with Crippen LogP contribution < -0.4 is 15.4 Å². The Kier molecular flexibility index (Phi) is 10.8. The number of rotatable bonds is 8. The normalized spacial score (nSPS) is 12.5. The van der Waals surface area contributed by atoms with Gasteiger partial charge in [0, 0.05) is 18.0 Å². The van der Waals surface area contributed by atoms with Gasteiger partial charge in [0.2, 0.25) is 0 Å². The number of hydrogen-bond acceptors (Lipinski definition) is 5. The summed E-state index contributed by atoms with van der Waals surface area (Å²) in [5.41, 5.74) is 1.84. The van der Waals surface area contributed by atoms with E-state index < -0.39 is 6.10 Å². The first kappa shape index (κ1) is 24.6. The predicted octanol–water partition coefficient (Wildman–Crippen LogP) is 3.95. The molecule has 2 rings (SSSR count). The number of benzene rings is 1. The van der Waals surface area contributed by atoms with E-state index in [1.807, 2.05) is 58.9 Å². The summed E-state index contributed by atoms with van der Waals surface area (Å²) in [6.07, 6.45) is -0.557. The van der Waals surface area contributed by atoms with Crippen molar-refractivity contribution in [2.45, 2.75) is 53.4 Å². The number of halogens is 1. The van der Waals surface area contributed by atoms with Crippen LogP contribution in [0.25, 0.3) is 0 Å². The van der Waals surface area contributed by atoms with Crippen molar-refractivity contribution < 1.29 is 9.84 Å². The van der Waals surface area contributed by atoms with E-state index in [0.29, 0.717) is 19.0 Å². The van der Waals surface area contributed by atoms with Crippen LogP contribution in [0.2, 0.25) is 0 Å². The monoisotopic (exact) mass is 518 g/mol. The van der Waals surface area contributed by atoms with E-state index in [2.05, 4.69) is 20.6 Å². The summed E-state index contributed by atoms with van der Waals surface area (Å²) in [6.45, 7) is 11.7. The van der Waals surface area contributed by atoms with Crippen LogP contribution >= 0.6 is 35.3 Å². The average Bonchev–Trinajstić information content (AvgIpc) is 2.94. The Balaban J connectivity index is 0.00000392. The maximum absolute atomic E-state index is 10.5. The van der Waals surface area contributed by atoms with Gasteiger partial charge in [0.05, 0.1) is 29.5 Å². The van der Waals surface area contributed by atoms with E-state index in [1.54, 1.807) is 11.3 Å². The summed E-state index contributed by atoms with van der Waals surface area (Å²) in [5.74, 6) is 1.44. The highest BCUT2D eigenvalue weighted by Gasteiger charge is 2.11. The fraction of sp³-hybridized carbons (Fsp3) is 0.500. The fourth-order valence-electron chi connectivity index (χ4n) is 2.59. The van der Waals surface area contributed by atoms with Gasteiger partial charge >= 0.3 is 0 Å². The zero-order valence-corrected chi connectivity index (χ0v) is 20.3. The van der Waals surface area contributed by atoms with Gasteiger partial charge in [-0.25, -0.2) is 9.98 Å². The van der Waals surface area contributed by atoms with Gasteiger partial charge in [-0.15, -0.1) is 35.3 Å². The van der Waals surface area contributed by atoms with Crippen molar-refractivity contribution in [1.82, 2.24) is 15.6 Å². The maximum Gasteiger partial charge on any atom is 0.191 e. The molecular formula is C20H31IN4O2S. The van der Waals surface area contributed by atoms with Crippen LogP contribution in [-0.4, -0.2) is 35.2 Å². The van der Waals surface area contributed by atoms with Gasteiger partial charge in [-0.2, -0.15) is 0 Å². The Bertz CT molecular complexity index is 764. The van der Waals surface area contributed by atoms with Gasteiger partial charge in [-0.3, -0.25) is 0 Å². The number of aliphatic hydroxyl groups excluding tert-OH is 1. The number of hydrogen-bond donors (Lipinski definition) is 3. The topological polar surface area (TPSA) is 78.8 Å². The molecule has 1 heterocycles. The second kappa shape index (κ2) is 12.2. The van der Waals surface area contributed by atoms with Gasteiger partial charge in [-0.05, 0) is 52.3 Å². The molecule has 156 valence electrons. The van der Waals surface area contributed by atoms with Crippen LogP contribution in [0.15, 0.2) is 29.3 Å². The molecule has 8 heteroatoms. The molecule has 0 aliphatic heterocycles. The van der Waals surface area contributed by atoms with Crippen LogP contribution in [0.1, 0.15) is 48.0 Å². The first-order chi connectivity index (χ1) is 12.9. The third kappa shape index (κ3) is 7.92. The number of aliphatic imine (C=N–C) groups is 1. The zero-order chi connectivity index (χ0) is 19.8. The molecule has 3 N–H and O–H groups in total. The molecule has 1 aromatic heterocycles. The molecule has 1 unspecified atom stereocenters. The van der Waals surface area contributed by atoms with E-state index in [1.165, 1.54) is 0 Å². The summed E-state index contributed by atoms with van der Waals surface area (Å²) in [7, 11) is 0. The first-order valence-electron chi connectivity index (χ1n) is 9.28. The van der Waals surface area contributed by atoms with Crippen LogP contribution in [0.3, 0.4) is 0 Å². The van der Waals surface area contributed by atoms with Crippen LogP contribution in [-0.2, 0) is 6.54 Å². The lowest BCUT2D eigenvalue weighted by Gasteiger charge is -2.17. The number of aryl methyl sites for hydroxylation is 2. The molecule has 2 aromatic rings. The molecule has 28 heavy (non-hydrogen) atoms. The summed E-state index contributed by atoms with van der Waals surface area (Å²) in [4.78, 5) is 10.2. The average molecular weight is 518 g/mol. The van der Waals surface area contributed by atoms with Gasteiger partial charge in [0.1, 0.15) is 5.75 Å². The SMILES string of the molecule is CCNC(=NCc1sc(C)nc1C)NCC(O)c1cccc(OC(C)C)c1.I. The smallest absolute Gasteiger partial charge is 0.191 e. The lowest BCUT2D eigenvalue weighted by molar-refractivity contribution is 0.179. The number of nitrogens with one attached hydrogen (secondary N) is 2. The highest BCUT2D eigenvalue weighted by atomic mass is 127. The van der Waals surface area contributed by atoms with Crippen molar-refractivity contribution >= 4 is 41.3 Å². The Labute approximate surface area is 188 Å². The quantitative estimate of drug-likeness (QED) is 0.280. The Hall–Kier alpha value is -1.39. The third-order valence-corrected chi connectivity index (χ3v) is 4.86. The maximum atomic E-state index is 10.5. The van der Waals surface area contributed by atoms with Crippen LogP contribution in [0.4, 0.5) is 0 Å². The van der Waals surface area contributed by atoms with Crippen molar-refractivity contribution in [1.29, 1.82) is 0 Å². The van der Waals surface area contributed by atoms with Gasteiger partial charge < -0.3 is 20.5 Å². The summed E-state index contributed by atoms with van der Waals surface area (Å²) < 4.78 is 5.70. The summed E-state index contributed by atoms with van der Waals surface area (Å²) >= 11 is 1.66. The molecule has 0 aliphatic rings. The Morgan fingerprint density at radius 1 is 1.29 bits per heavy atom. The lowest BCUT2D eigenvalue weighted by Crippen LogP contribution is -2.39. The molecule has 0 spiro atoms. The molecule has 0 saturated carbocycles. The Morgan fingerprint density at radius 2 is 2.04 bits per heavy atom. The molecule has 6 nitrogen and oxygen atoms in total. The molecular weight excluding hydrogens is 487 g/mol. The highest BCUT2D eigenvalue weighted by molar-refractivity contribution is 14.0. The van der Waals surface area contributed by atoms with Gasteiger partial charge in [0.25, 0.3) is 0 Å². The predicted molar refractivity (Wildman–Crippen MR) is 127 cm³/mol. The molecule has 0 radical (unpaired) electrons. The lowest BCUT2D eigenvalue weighted by atomic mass is 10.1. The van der Waals surface area contributed by atoms with Crippen LogP contribution in [0.5, 0.6) is 5.75 Å². The van der Waals surface area contributed by atoms with Crippen LogP contribution in [0, 0.1) is 13.8 Å². The van der Waals surface area contributed by atoms with Gasteiger partial charge in [0.15, 0.2) is 5.96 Å². The van der Waals surface area contributed by atoms with E-state index in [4.69, 9.17) is 4.74 Å². The number of ether oxygens (including phenoxy) is 1. The Morgan fingerprint density at radius 3 is 2.64 bits per heavy atom. The van der Waals surface area contributed by atoms with Crippen molar-refractivity contribution in [2.24, 2.45) is 4.99 Å².